The Morgan fingerprint density at radius 3 is 0.882 bits per heavy atom. The predicted octanol–water partition coefficient (Wildman–Crippen LogP) is 11.4. The molecule has 2 heteroatoms. The highest BCUT2D eigenvalue weighted by atomic mass is 16.5. The summed E-state index contributed by atoms with van der Waals surface area (Å²) in [4.78, 5) is 0. The zero-order chi connectivity index (χ0) is 25.2. The van der Waals surface area contributed by atoms with E-state index in [2.05, 4.69) is 13.8 Å². The molecule has 34 heavy (non-hydrogen) atoms. The van der Waals surface area contributed by atoms with Gasteiger partial charge in [-0.1, -0.05) is 168 Å². The average molecular weight is 482 g/mol. The first-order valence-corrected chi connectivity index (χ1v) is 16.0. The van der Waals surface area contributed by atoms with Crippen LogP contribution in [0.5, 0.6) is 0 Å². The largest absolute Gasteiger partial charge is 0.633 e. The molecular formula is C32H67NO. The zero-order valence-corrected chi connectivity index (χ0v) is 24.5. The van der Waals surface area contributed by atoms with Gasteiger partial charge in [0.2, 0.25) is 0 Å². The van der Waals surface area contributed by atoms with Crippen LogP contribution in [0.1, 0.15) is 181 Å². The number of quaternary nitrogens is 1. The van der Waals surface area contributed by atoms with Gasteiger partial charge in [0.05, 0.1) is 20.6 Å². The Labute approximate surface area is 217 Å². The summed E-state index contributed by atoms with van der Waals surface area (Å²) in [7, 11) is 3.66. The fourth-order valence-corrected chi connectivity index (χ4v) is 5.50. The van der Waals surface area contributed by atoms with E-state index in [9.17, 15) is 5.21 Å². The van der Waals surface area contributed by atoms with Crippen LogP contribution in [0.3, 0.4) is 0 Å². The van der Waals surface area contributed by atoms with Crippen molar-refractivity contribution in [1.82, 2.24) is 0 Å². The molecule has 0 unspecified atom stereocenters. The van der Waals surface area contributed by atoms with E-state index in [1.807, 2.05) is 14.1 Å². The van der Waals surface area contributed by atoms with E-state index in [0.29, 0.717) is 5.92 Å². The lowest BCUT2D eigenvalue weighted by molar-refractivity contribution is -0.843. The summed E-state index contributed by atoms with van der Waals surface area (Å²) >= 11 is 0. The lowest BCUT2D eigenvalue weighted by Gasteiger charge is -2.37. The number of hydrogen-bond acceptors (Lipinski definition) is 1. The van der Waals surface area contributed by atoms with Gasteiger partial charge in [-0.2, -0.15) is 0 Å². The predicted molar refractivity (Wildman–Crippen MR) is 155 cm³/mol. The van der Waals surface area contributed by atoms with Crippen LogP contribution in [0.15, 0.2) is 0 Å². The van der Waals surface area contributed by atoms with Crippen LogP contribution in [0.2, 0.25) is 0 Å². The molecule has 0 N–H and O–H groups in total. The molecule has 0 heterocycles. The molecule has 0 bridgehead atoms. The van der Waals surface area contributed by atoms with Gasteiger partial charge in [0.15, 0.2) is 0 Å². The quantitative estimate of drug-likeness (QED) is 0.0618. The maximum absolute atomic E-state index is 12.3. The molecule has 0 radical (unpaired) electrons. The number of rotatable bonds is 28. The van der Waals surface area contributed by atoms with Crippen LogP contribution in [0.4, 0.5) is 0 Å². The highest BCUT2D eigenvalue weighted by molar-refractivity contribution is 4.61. The van der Waals surface area contributed by atoms with E-state index in [1.165, 1.54) is 167 Å². The van der Waals surface area contributed by atoms with Gasteiger partial charge in [-0.15, -0.1) is 0 Å². The van der Waals surface area contributed by atoms with E-state index >= 15 is 0 Å². The van der Waals surface area contributed by atoms with Crippen LogP contribution in [0, 0.1) is 11.1 Å². The summed E-state index contributed by atoms with van der Waals surface area (Å²) in [6.07, 6.45) is 36.5. The van der Waals surface area contributed by atoms with Gasteiger partial charge in [0.1, 0.15) is 0 Å². The molecule has 0 atom stereocenters. The fraction of sp³-hybridized carbons (Fsp3) is 1.00. The Bertz CT molecular complexity index is 348. The first kappa shape index (κ1) is 33.9. The second kappa shape index (κ2) is 26.0. The topological polar surface area (TPSA) is 23.1 Å². The molecule has 0 spiro atoms. The van der Waals surface area contributed by atoms with Gasteiger partial charge in [-0.3, -0.25) is 0 Å². The molecule has 0 aliphatic heterocycles. The summed E-state index contributed by atoms with van der Waals surface area (Å²) < 4.78 is -0.110. The highest BCUT2D eigenvalue weighted by Crippen LogP contribution is 2.22. The van der Waals surface area contributed by atoms with Crippen molar-refractivity contribution in [2.45, 2.75) is 181 Å². The number of hydroxylamine groups is 3. The van der Waals surface area contributed by atoms with E-state index in [-0.39, 0.29) is 4.65 Å². The summed E-state index contributed by atoms with van der Waals surface area (Å²) in [6, 6.07) is 0. The number of hydrogen-bond donors (Lipinski definition) is 0. The molecule has 0 amide bonds. The van der Waals surface area contributed by atoms with E-state index in [1.54, 1.807) is 0 Å². The molecule has 0 aliphatic rings. The summed E-state index contributed by atoms with van der Waals surface area (Å²) in [5.41, 5.74) is 0. The molecular weight excluding hydrogens is 414 g/mol. The molecule has 0 aliphatic carbocycles. The molecule has 0 saturated heterocycles. The molecule has 0 rings (SSSR count). The Hall–Kier alpha value is -0.0800. The minimum atomic E-state index is -0.110. The Balaban J connectivity index is 3.64. The molecule has 206 valence electrons. The van der Waals surface area contributed by atoms with Crippen LogP contribution >= 0.6 is 0 Å². The molecule has 2 nitrogen and oxygen atoms in total. The van der Waals surface area contributed by atoms with Crippen molar-refractivity contribution in [3.63, 3.8) is 0 Å². The molecule has 0 fully saturated rings. The van der Waals surface area contributed by atoms with E-state index in [0.717, 1.165) is 6.54 Å². The molecule has 0 aromatic carbocycles. The lowest BCUT2D eigenvalue weighted by atomic mass is 9.93. The third-order valence-corrected chi connectivity index (χ3v) is 7.63. The SMILES string of the molecule is CCCCCCCCCCCCCCC(CCCCCCCCCCCCCC)C[N+](C)(C)[O-]. The van der Waals surface area contributed by atoms with Crippen molar-refractivity contribution in [2.24, 2.45) is 5.92 Å². The number of nitrogens with zero attached hydrogens (tertiary/aromatic N) is 1. The number of unbranched alkanes of at least 4 members (excludes halogenated alkanes) is 22. The summed E-state index contributed by atoms with van der Waals surface area (Å²) in [6.45, 7) is 5.40. The van der Waals surface area contributed by atoms with Crippen LogP contribution in [-0.2, 0) is 0 Å². The van der Waals surface area contributed by atoms with Crippen molar-refractivity contribution in [3.8, 4) is 0 Å². The van der Waals surface area contributed by atoms with Gasteiger partial charge in [0, 0.05) is 5.92 Å². The standard InChI is InChI=1S/C32H67NO/c1-5-7-9-11-13-15-17-19-21-23-25-27-29-32(31-33(3,4)34)30-28-26-24-22-20-18-16-14-12-10-8-6-2/h32H,5-31H2,1-4H3. The van der Waals surface area contributed by atoms with Crippen LogP contribution < -0.4 is 0 Å². The maximum atomic E-state index is 12.3. The average Bonchev–Trinajstić information content (AvgIpc) is 2.79. The summed E-state index contributed by atoms with van der Waals surface area (Å²) in [5.74, 6) is 0.638. The van der Waals surface area contributed by atoms with Crippen molar-refractivity contribution in [1.29, 1.82) is 0 Å². The minimum Gasteiger partial charge on any atom is -0.633 e. The Morgan fingerprint density at radius 2 is 0.647 bits per heavy atom. The normalized spacial score (nSPS) is 12.2. The van der Waals surface area contributed by atoms with E-state index in [4.69, 9.17) is 0 Å². The highest BCUT2D eigenvalue weighted by Gasteiger charge is 2.15. The second-order valence-electron chi connectivity index (χ2n) is 12.0. The minimum absolute atomic E-state index is 0.110. The van der Waals surface area contributed by atoms with Crippen molar-refractivity contribution >= 4 is 0 Å². The van der Waals surface area contributed by atoms with Crippen molar-refractivity contribution in [3.05, 3.63) is 5.21 Å². The lowest BCUT2D eigenvalue weighted by Crippen LogP contribution is -2.37. The molecule has 0 aromatic rings. The molecule has 0 saturated carbocycles. The van der Waals surface area contributed by atoms with Crippen molar-refractivity contribution in [2.75, 3.05) is 20.6 Å². The second-order valence-corrected chi connectivity index (χ2v) is 12.0. The smallest absolute Gasteiger partial charge is 0.0808 e. The van der Waals surface area contributed by atoms with E-state index < -0.39 is 0 Å². The third kappa shape index (κ3) is 28.2. The van der Waals surface area contributed by atoms with Gasteiger partial charge >= 0.3 is 0 Å². The zero-order valence-electron chi connectivity index (χ0n) is 24.5. The van der Waals surface area contributed by atoms with Crippen LogP contribution in [-0.4, -0.2) is 25.3 Å². The first-order chi connectivity index (χ1) is 16.5. The van der Waals surface area contributed by atoms with Crippen molar-refractivity contribution < 1.29 is 4.65 Å². The maximum Gasteiger partial charge on any atom is 0.0808 e. The van der Waals surface area contributed by atoms with Gasteiger partial charge in [-0.05, 0) is 12.8 Å². The monoisotopic (exact) mass is 482 g/mol. The fourth-order valence-electron chi connectivity index (χ4n) is 5.50. The first-order valence-electron chi connectivity index (χ1n) is 16.0. The van der Waals surface area contributed by atoms with Crippen LogP contribution in [0.25, 0.3) is 0 Å². The van der Waals surface area contributed by atoms with Gasteiger partial charge < -0.3 is 9.85 Å². The third-order valence-electron chi connectivity index (χ3n) is 7.63. The van der Waals surface area contributed by atoms with Gasteiger partial charge in [-0.25, -0.2) is 0 Å². The van der Waals surface area contributed by atoms with Gasteiger partial charge in [0.25, 0.3) is 0 Å². The summed E-state index contributed by atoms with van der Waals surface area (Å²) in [5, 5.41) is 12.3. The molecule has 0 aromatic heterocycles. The Morgan fingerprint density at radius 1 is 0.412 bits per heavy atom. The Kier molecular flexibility index (Phi) is 25.9.